The number of sulfone groups is 9. The molecule has 20 rings (SSSR count). The molecule has 20 nitrogen and oxygen atoms in total. The van der Waals surface area contributed by atoms with Gasteiger partial charge in [0.1, 0.15) is 21.3 Å². The molecule has 0 amide bonds. The third-order valence-corrected chi connectivity index (χ3v) is 47.8. The summed E-state index contributed by atoms with van der Waals surface area (Å²) >= 11 is 0. The molecule has 0 aliphatic carbocycles. The Morgan fingerprint density at radius 3 is 1.05 bits per heavy atom. The summed E-state index contributed by atoms with van der Waals surface area (Å²) in [6, 6.07) is 65.6. The number of benzene rings is 15. The van der Waals surface area contributed by atoms with Crippen LogP contribution in [0.4, 0.5) is 0 Å². The summed E-state index contributed by atoms with van der Waals surface area (Å²) in [7, 11) is -32.6. The van der Waals surface area contributed by atoms with Crippen molar-refractivity contribution >= 4 is 94.3 Å². The smallest absolute Gasteiger partial charge is 0.214 e. The van der Waals surface area contributed by atoms with E-state index in [2.05, 4.69) is 27.7 Å². The van der Waals surface area contributed by atoms with Crippen LogP contribution in [0, 0.1) is 166 Å². The minimum atomic E-state index is -3.84. The molecule has 0 unspecified atom stereocenters. The van der Waals surface area contributed by atoms with E-state index in [0.717, 1.165) is 128 Å². The van der Waals surface area contributed by atoms with Gasteiger partial charge in [-0.25, -0.2) is 75.8 Å². The van der Waals surface area contributed by atoms with Gasteiger partial charge in [0.2, 0.25) is 88.5 Å². The van der Waals surface area contributed by atoms with Crippen molar-refractivity contribution in [3.05, 3.63) is 398 Å². The van der Waals surface area contributed by atoms with Gasteiger partial charge in [0, 0.05) is 27.7 Å². The van der Waals surface area contributed by atoms with Crippen molar-refractivity contribution in [1.82, 2.24) is 0 Å². The average Bonchev–Trinajstić information content (AvgIpc) is 1.70. The van der Waals surface area contributed by atoms with Gasteiger partial charge in [-0.05, 0) is 420 Å². The maximum Gasteiger partial charge on any atom is 0.214 e. The largest absolute Gasteiger partial charge is 0.454 e. The molecule has 0 spiro atoms. The van der Waals surface area contributed by atoms with E-state index in [9.17, 15) is 80.6 Å². The number of ether oxygens (including phenoxy) is 1. The molecule has 764 valence electrons. The van der Waals surface area contributed by atoms with Crippen LogP contribution in [0.5, 0.6) is 11.5 Å². The molecule has 0 saturated carbocycles. The zero-order valence-corrected chi connectivity index (χ0v) is 94.3. The minimum absolute atomic E-state index is 0.0362. The molecule has 0 N–H and O–H groups in total. The summed E-state index contributed by atoms with van der Waals surface area (Å²) in [5.41, 5.74) is 26.3. The maximum atomic E-state index is 13.2. The molecule has 15 aromatic rings. The van der Waals surface area contributed by atoms with Crippen molar-refractivity contribution in [3.8, 4) is 22.6 Å². The van der Waals surface area contributed by atoms with Crippen LogP contribution in [0.3, 0.4) is 0 Å². The highest BCUT2D eigenvalue weighted by Gasteiger charge is 2.46. The fraction of sp³-hybridized carbons (Fsp3) is 0.229. The number of aryl methyl sites for hydroxylation is 3. The van der Waals surface area contributed by atoms with E-state index >= 15 is 0 Å². The lowest BCUT2D eigenvalue weighted by molar-refractivity contribution is 0.103. The first-order chi connectivity index (χ1) is 68.5. The van der Waals surface area contributed by atoms with Crippen LogP contribution < -0.4 is 4.74 Å². The van der Waals surface area contributed by atoms with Gasteiger partial charge >= 0.3 is 0 Å². The van der Waals surface area contributed by atoms with E-state index in [1.165, 1.54) is 83.9 Å². The Balaban J connectivity index is 0.000000136. The zero-order chi connectivity index (χ0) is 108. The maximum absolute atomic E-state index is 13.2. The highest BCUT2D eigenvalue weighted by Crippen LogP contribution is 2.53. The number of rotatable bonds is 6. The van der Waals surface area contributed by atoms with Gasteiger partial charge < -0.3 is 4.74 Å². The summed E-state index contributed by atoms with van der Waals surface area (Å²) < 4.78 is 237. The molecule has 0 fully saturated rings. The van der Waals surface area contributed by atoms with Crippen molar-refractivity contribution in [3.63, 3.8) is 0 Å². The van der Waals surface area contributed by atoms with E-state index < -0.39 is 88.5 Å². The molecule has 0 aromatic heterocycles. The first-order valence-electron chi connectivity index (χ1n) is 47.3. The predicted octanol–water partition coefficient (Wildman–Crippen LogP) is 25.3. The number of para-hydroxylation sites is 1. The molecule has 147 heavy (non-hydrogen) atoms. The molecule has 0 bridgehead atoms. The van der Waals surface area contributed by atoms with Crippen molar-refractivity contribution in [2.24, 2.45) is 0 Å². The Kier molecular flexibility index (Phi) is 30.0. The van der Waals surface area contributed by atoms with E-state index in [-0.39, 0.29) is 70.6 Å². The Labute approximate surface area is 866 Å². The van der Waals surface area contributed by atoms with Crippen LogP contribution in [0.15, 0.2) is 331 Å². The number of hydrogen-bond acceptors (Lipinski definition) is 20. The summed E-state index contributed by atoms with van der Waals surface area (Å²) in [5.74, 6) is 0.689. The lowest BCUT2D eigenvalue weighted by Gasteiger charge is -2.38. The normalized spacial score (nSPS) is 15.0. The molecule has 0 atom stereocenters. The lowest BCUT2D eigenvalue weighted by atomic mass is 9.73. The van der Waals surface area contributed by atoms with Gasteiger partial charge in [-0.2, -0.15) is 0 Å². The average molecular weight is 2140 g/mol. The fourth-order valence-electron chi connectivity index (χ4n) is 19.7. The number of ketones is 1. The number of fused-ring (bicyclic) bond motifs is 11. The van der Waals surface area contributed by atoms with Crippen LogP contribution in [0.25, 0.3) is 11.1 Å². The molecule has 15 aromatic carbocycles. The number of carbonyl (C=O) groups excluding carboxylic acids is 1. The predicted molar refractivity (Wildman–Crippen MR) is 574 cm³/mol. The molecule has 5 aliphatic heterocycles. The molecular weight excluding hydrogens is 2030 g/mol. The Hall–Kier alpha value is -12.7. The fourth-order valence-corrected chi connectivity index (χ4v) is 37.0. The Morgan fingerprint density at radius 2 is 0.551 bits per heavy atom. The molecule has 5 aliphatic rings. The van der Waals surface area contributed by atoms with Crippen LogP contribution in [-0.2, 0) is 94.0 Å². The van der Waals surface area contributed by atoms with Crippen LogP contribution in [0.2, 0.25) is 0 Å². The van der Waals surface area contributed by atoms with Gasteiger partial charge in [-0.1, -0.05) is 147 Å². The molecule has 29 heteroatoms. The van der Waals surface area contributed by atoms with Crippen molar-refractivity contribution in [1.29, 1.82) is 0 Å². The third kappa shape index (κ3) is 18.6. The first kappa shape index (κ1) is 110. The van der Waals surface area contributed by atoms with Gasteiger partial charge in [0.25, 0.3) is 0 Å². The molecule has 0 radical (unpaired) electrons. The summed E-state index contributed by atoms with van der Waals surface area (Å²) in [6.07, 6.45) is 0. The van der Waals surface area contributed by atoms with E-state index in [1.54, 1.807) is 161 Å². The van der Waals surface area contributed by atoms with Crippen molar-refractivity contribution in [2.45, 2.75) is 274 Å². The summed E-state index contributed by atoms with van der Waals surface area (Å²) in [4.78, 5) is 16.1. The van der Waals surface area contributed by atoms with Crippen LogP contribution >= 0.6 is 0 Å². The van der Waals surface area contributed by atoms with Crippen molar-refractivity contribution < 1.29 is 85.3 Å². The SMILES string of the molecule is Cc1c(C)c(C)c2c(c1C)-c1ccccc1S2(=O)=O.Cc1c(C)c(C)c2c(c1C)C(=O)c1ccccc1S2(=O)=O.Cc1c(C)c(C)c2c(c1C)C(C)(C)c1ccccc1S2(=O)=O.Cc1c(C)c(C)c2c(c1C)Oc1ccccc1S2(=O)=O.Cc1ccc(S(=O)(=O)c2cccc(S(=O)(=O)c3ccccc3)c2)c(C)c1C.Cc1ccc(S(=O)(=O)c2ccccc2)c(C)c1C.Cc1ccc2c(c1C)S(=O)(=O)c1ccccc1S2(=O)=O. The van der Waals surface area contributed by atoms with E-state index in [4.69, 9.17) is 4.74 Å². The van der Waals surface area contributed by atoms with E-state index in [0.29, 0.717) is 68.0 Å². The molecular formula is C118H118O20S9. The Morgan fingerprint density at radius 1 is 0.224 bits per heavy atom. The highest BCUT2D eigenvalue weighted by atomic mass is 32.2. The summed E-state index contributed by atoms with van der Waals surface area (Å²) in [6.45, 7) is 50.2. The van der Waals surface area contributed by atoms with Crippen LogP contribution in [-0.4, -0.2) is 81.5 Å². The number of hydrogen-bond donors (Lipinski definition) is 0. The molecule has 0 saturated heterocycles. The van der Waals surface area contributed by atoms with Gasteiger partial charge in [-0.3, -0.25) is 4.79 Å². The van der Waals surface area contributed by atoms with Crippen LogP contribution in [0.1, 0.15) is 174 Å². The second-order valence-corrected chi connectivity index (χ2v) is 55.4. The monoisotopic (exact) mass is 2140 g/mol. The van der Waals surface area contributed by atoms with Gasteiger partial charge in [0.05, 0.1) is 78.3 Å². The van der Waals surface area contributed by atoms with Gasteiger partial charge in [-0.15, -0.1) is 0 Å². The van der Waals surface area contributed by atoms with Gasteiger partial charge in [0.15, 0.2) is 5.78 Å². The summed E-state index contributed by atoms with van der Waals surface area (Å²) in [5, 5.41) is 0. The zero-order valence-electron chi connectivity index (χ0n) is 86.9. The third-order valence-electron chi connectivity index (χ3n) is 30.2. The first-order valence-corrected chi connectivity index (χ1v) is 60.6. The molecule has 5 heterocycles. The van der Waals surface area contributed by atoms with Crippen molar-refractivity contribution in [2.75, 3.05) is 0 Å². The number of carbonyl (C=O) groups is 1. The lowest BCUT2D eigenvalue weighted by Crippen LogP contribution is -2.32. The Bertz CT molecular complexity index is 9270. The standard InChI is InChI=1S/C21H20O4S2.C19H22O2S.C17H16O3S.C16H16O3S.C16H16O2S.C15H16O2S.C14H12O4S2/c1-15-12-13-21(17(3)16(15)2)27(24,25)20-11-7-10-19(14-20)26(22,23)18-8-5-4-6-9-18;1-11-12(2)14(4)18-17(13(11)3)19(5,6)15-9-7-8-10-16(15)22(18,20)21;1-9-10(2)12(4)17-15(11(9)3)16(18)13-7-5-6-8-14(13)21(17,19)20;1-9-10(2)12(4)16-15(11(9)3)19-13-7-5-6-8-14(13)20(16,17)18;1-9-10(2)12(4)16-15(11(9)3)13-7-5-6-8-14(13)19(16,17)18;1-11-9-10-15(13(3)12(11)2)18(16,17)14-7-5-4-6-8-14;1-9-7-8-13-14(10(9)2)20(17,18)12-6-4-3-5-11(12)19(13,15)16/h4-14H,1-3H3;7-10H,1-6H3;5-8H,1-4H3;5-8H,1-4H3;5-8H,1-4H3;4-10H,1-3H3;3-8H,1-2H3. The highest BCUT2D eigenvalue weighted by molar-refractivity contribution is 7.97. The topological polar surface area (TPSA) is 334 Å². The quantitative estimate of drug-likeness (QED) is 0.149. The second-order valence-electron chi connectivity index (χ2n) is 38.4. The second kappa shape index (κ2) is 40.1. The minimum Gasteiger partial charge on any atom is -0.454 e. The van der Waals surface area contributed by atoms with E-state index in [1.807, 2.05) is 161 Å².